The Bertz CT molecular complexity index is 836. The molecule has 0 saturated heterocycles. The number of amidine groups is 1. The Balaban J connectivity index is 1.86. The number of carbonyl (C=O) groups excluding carboxylic acids is 2. The Hall–Kier alpha value is -2.41. The topological polar surface area (TPSA) is 111 Å². The highest BCUT2D eigenvalue weighted by Gasteiger charge is 2.48. The molecule has 5 N–H and O–H groups in total. The van der Waals surface area contributed by atoms with Crippen molar-refractivity contribution in [3.8, 4) is 0 Å². The molecule has 3 atom stereocenters. The monoisotopic (exact) mass is 378 g/mol. The third-order valence-electron chi connectivity index (χ3n) is 5.20. The Morgan fingerprint density at radius 2 is 2.08 bits per heavy atom. The summed E-state index contributed by atoms with van der Waals surface area (Å²) in [4.78, 5) is 28.3. The van der Waals surface area contributed by atoms with Gasteiger partial charge >= 0.3 is 0 Å². The van der Waals surface area contributed by atoms with E-state index in [1.54, 1.807) is 0 Å². The number of allylic oxidation sites excluding steroid dienone is 1. The van der Waals surface area contributed by atoms with E-state index in [-0.39, 0.29) is 34.1 Å². The van der Waals surface area contributed by atoms with Crippen molar-refractivity contribution >= 4 is 34.8 Å². The zero-order valence-corrected chi connectivity index (χ0v) is 15.0. The van der Waals surface area contributed by atoms with Crippen molar-refractivity contribution in [2.24, 2.45) is 34.2 Å². The second-order valence-electron chi connectivity index (χ2n) is 6.73. The van der Waals surface area contributed by atoms with Crippen LogP contribution in [-0.4, -0.2) is 24.6 Å². The van der Waals surface area contributed by atoms with Gasteiger partial charge in [0.25, 0.3) is 5.91 Å². The van der Waals surface area contributed by atoms with Crippen molar-refractivity contribution in [3.63, 3.8) is 0 Å². The number of anilines is 1. The number of fused-ring (bicyclic) bond motifs is 1. The largest absolute Gasteiger partial charge is 0.401 e. The van der Waals surface area contributed by atoms with Crippen LogP contribution in [0.3, 0.4) is 0 Å². The highest BCUT2D eigenvalue weighted by atomic mass is 35.5. The van der Waals surface area contributed by atoms with Gasteiger partial charge in [-0.15, -0.1) is 0 Å². The Morgan fingerprint density at radius 1 is 1.35 bits per heavy atom. The van der Waals surface area contributed by atoms with Gasteiger partial charge in [0.2, 0.25) is 0 Å². The van der Waals surface area contributed by atoms with Crippen LogP contribution in [0.1, 0.15) is 19.3 Å². The second-order valence-corrected chi connectivity index (χ2v) is 7.13. The van der Waals surface area contributed by atoms with Crippen LogP contribution < -0.4 is 16.8 Å². The van der Waals surface area contributed by atoms with Crippen LogP contribution in [0.25, 0.3) is 0 Å². The third-order valence-corrected chi connectivity index (χ3v) is 5.49. The summed E-state index contributed by atoms with van der Waals surface area (Å²) in [6, 6.07) is 3.85. The fraction of sp³-hybridized carbons (Fsp3) is 0.389. The van der Waals surface area contributed by atoms with Gasteiger partial charge in [0.15, 0.2) is 0 Å². The molecule has 2 saturated carbocycles. The minimum absolute atomic E-state index is 0.0128. The molecule has 0 aliphatic heterocycles. The first kappa shape index (κ1) is 18.4. The molecule has 0 spiro atoms. The first-order chi connectivity index (χ1) is 12.3. The molecular formula is C18H20ClFN4O2. The number of nitrogens with one attached hydrogen (secondary N) is 1. The molecule has 1 amide bonds. The third kappa shape index (κ3) is 3.31. The average molecular weight is 379 g/mol. The van der Waals surface area contributed by atoms with E-state index in [2.05, 4.69) is 10.3 Å². The van der Waals surface area contributed by atoms with Crippen LogP contribution in [0.5, 0.6) is 0 Å². The van der Waals surface area contributed by atoms with Crippen molar-refractivity contribution in [1.82, 2.24) is 0 Å². The molecule has 3 unspecified atom stereocenters. The molecular weight excluding hydrogens is 359 g/mol. The van der Waals surface area contributed by atoms with Gasteiger partial charge in [-0.25, -0.2) is 4.39 Å². The molecule has 0 aromatic heterocycles. The lowest BCUT2D eigenvalue weighted by atomic mass is 9.75. The summed E-state index contributed by atoms with van der Waals surface area (Å²) in [6.07, 6.45) is 1.98. The Kier molecular flexibility index (Phi) is 5.00. The first-order valence-corrected chi connectivity index (χ1v) is 8.71. The summed E-state index contributed by atoms with van der Waals surface area (Å²) >= 11 is 5.74. The predicted octanol–water partition coefficient (Wildman–Crippen LogP) is 2.23. The number of aliphatic imine (C=N–C) groups is 1. The fourth-order valence-corrected chi connectivity index (χ4v) is 3.91. The van der Waals surface area contributed by atoms with Crippen molar-refractivity contribution in [3.05, 3.63) is 40.3 Å². The minimum atomic E-state index is -0.583. The van der Waals surface area contributed by atoms with Crippen molar-refractivity contribution in [1.29, 1.82) is 0 Å². The molecule has 6 nitrogen and oxygen atoms in total. The molecule has 0 heterocycles. The van der Waals surface area contributed by atoms with Crippen LogP contribution in [0, 0.1) is 23.6 Å². The molecule has 2 aliphatic carbocycles. The zero-order chi connectivity index (χ0) is 19.0. The van der Waals surface area contributed by atoms with E-state index in [1.807, 2.05) is 0 Å². The number of Topliss-reactive ketones (excluding diaryl/α,β-unsaturated/α-hetero) is 1. The molecule has 26 heavy (non-hydrogen) atoms. The minimum Gasteiger partial charge on any atom is -0.401 e. The maximum absolute atomic E-state index is 13.3. The molecule has 8 heteroatoms. The number of hydrogen-bond acceptors (Lipinski definition) is 4. The maximum Gasteiger partial charge on any atom is 0.261 e. The maximum atomic E-state index is 13.3. The Labute approximate surface area is 155 Å². The van der Waals surface area contributed by atoms with Gasteiger partial charge in [-0.3, -0.25) is 14.6 Å². The van der Waals surface area contributed by atoms with E-state index in [4.69, 9.17) is 23.1 Å². The number of nitrogens with zero attached hydrogens (tertiary/aromatic N) is 1. The summed E-state index contributed by atoms with van der Waals surface area (Å²) in [7, 11) is 1.46. The predicted molar refractivity (Wildman–Crippen MR) is 98.1 cm³/mol. The Morgan fingerprint density at radius 3 is 2.65 bits per heavy atom. The lowest BCUT2D eigenvalue weighted by molar-refractivity contribution is -0.132. The van der Waals surface area contributed by atoms with E-state index >= 15 is 0 Å². The zero-order valence-electron chi connectivity index (χ0n) is 14.3. The molecule has 0 radical (unpaired) electrons. The van der Waals surface area contributed by atoms with Crippen molar-refractivity contribution in [2.45, 2.75) is 19.3 Å². The van der Waals surface area contributed by atoms with Gasteiger partial charge in [-0.1, -0.05) is 11.6 Å². The highest BCUT2D eigenvalue weighted by Crippen LogP contribution is 2.49. The van der Waals surface area contributed by atoms with Gasteiger partial charge in [0.05, 0.1) is 5.02 Å². The van der Waals surface area contributed by atoms with Crippen molar-refractivity contribution in [2.75, 3.05) is 12.4 Å². The number of amides is 1. The number of carbonyl (C=O) groups is 2. The van der Waals surface area contributed by atoms with E-state index in [0.717, 1.165) is 12.5 Å². The first-order valence-electron chi connectivity index (χ1n) is 8.33. The highest BCUT2D eigenvalue weighted by molar-refractivity contribution is 6.31. The fourth-order valence-electron chi connectivity index (χ4n) is 3.73. The molecule has 3 rings (SSSR count). The van der Waals surface area contributed by atoms with Crippen LogP contribution in [0.15, 0.2) is 34.5 Å². The smallest absolute Gasteiger partial charge is 0.261 e. The summed E-state index contributed by atoms with van der Waals surface area (Å²) in [6.45, 7) is 0. The number of benzene rings is 1. The summed E-state index contributed by atoms with van der Waals surface area (Å²) in [5, 5.41) is 2.51. The lowest BCUT2D eigenvalue weighted by Crippen LogP contribution is -2.32. The van der Waals surface area contributed by atoms with Gasteiger partial charge < -0.3 is 16.8 Å². The SMILES string of the molecule is CN=C(N)C(C(=O)Nc1ccc(F)c(Cl)c1)=C(N)C1CC2CC(=O)C2C1. The van der Waals surface area contributed by atoms with Gasteiger partial charge in [0, 0.05) is 36.7 Å². The van der Waals surface area contributed by atoms with Crippen LogP contribution in [0.2, 0.25) is 5.02 Å². The summed E-state index contributed by atoms with van der Waals surface area (Å²) in [5.74, 6) is -0.563. The van der Waals surface area contributed by atoms with E-state index in [0.29, 0.717) is 30.1 Å². The number of halogens is 2. The van der Waals surface area contributed by atoms with Crippen LogP contribution >= 0.6 is 11.6 Å². The van der Waals surface area contributed by atoms with Gasteiger partial charge in [-0.2, -0.15) is 0 Å². The number of nitrogens with two attached hydrogens (primary N) is 2. The summed E-state index contributed by atoms with van der Waals surface area (Å²) < 4.78 is 13.3. The molecule has 2 aliphatic rings. The molecule has 0 bridgehead atoms. The quantitative estimate of drug-likeness (QED) is 0.424. The number of hydrogen-bond donors (Lipinski definition) is 3. The second kappa shape index (κ2) is 7.07. The molecule has 138 valence electrons. The average Bonchev–Trinajstić information content (AvgIpc) is 2.95. The van der Waals surface area contributed by atoms with Crippen molar-refractivity contribution < 1.29 is 14.0 Å². The normalized spacial score (nSPS) is 26.0. The van der Waals surface area contributed by atoms with Crippen LogP contribution in [0.4, 0.5) is 10.1 Å². The standard InChI is InChI=1S/C18H20ClFN4O2/c1-23-17(22)15(16(21)9-4-8-6-14(25)11(8)5-9)18(26)24-10-2-3-13(20)12(19)7-10/h2-3,7-9,11H,4-6,21H2,1H3,(H2,22,23)(H,24,26). The van der Waals surface area contributed by atoms with Gasteiger partial charge in [-0.05, 0) is 37.0 Å². The molecule has 1 aromatic rings. The summed E-state index contributed by atoms with van der Waals surface area (Å²) in [5.41, 5.74) is 12.9. The molecule has 1 aromatic carbocycles. The number of rotatable bonds is 4. The van der Waals surface area contributed by atoms with Crippen LogP contribution in [-0.2, 0) is 9.59 Å². The van der Waals surface area contributed by atoms with Gasteiger partial charge in [0.1, 0.15) is 23.0 Å². The number of ketones is 1. The van der Waals surface area contributed by atoms with E-state index < -0.39 is 11.7 Å². The molecule has 2 fully saturated rings. The lowest BCUT2D eigenvalue weighted by Gasteiger charge is -2.27. The van der Waals surface area contributed by atoms with E-state index in [1.165, 1.54) is 19.2 Å². The van der Waals surface area contributed by atoms with E-state index in [9.17, 15) is 14.0 Å².